The third-order valence-electron chi connectivity index (χ3n) is 12.9. The van der Waals surface area contributed by atoms with Crippen LogP contribution in [-0.4, -0.2) is 157 Å². The summed E-state index contributed by atoms with van der Waals surface area (Å²) in [7, 11) is 6.55. The minimum Gasteiger partial charge on any atom is -0.481 e. The number of likely N-dealkylation sites (tertiary alicyclic amines) is 1. The summed E-state index contributed by atoms with van der Waals surface area (Å²) < 4.78 is 12.1. The molecule has 1 aromatic rings. The minimum absolute atomic E-state index is 0.00875. The number of likely N-dealkylation sites (N-methyl/N-ethyl adjacent to an activating group) is 2. The molecule has 0 aliphatic carbocycles. The van der Waals surface area contributed by atoms with Crippen molar-refractivity contribution in [3.05, 3.63) is 35.9 Å². The topological polar surface area (TPSA) is 187 Å². The van der Waals surface area contributed by atoms with Crippen molar-refractivity contribution in [1.29, 1.82) is 0 Å². The number of carboxylic acids is 1. The van der Waals surface area contributed by atoms with Gasteiger partial charge in [-0.2, -0.15) is 0 Å². The molecule has 356 valence electrons. The molecule has 0 spiro atoms. The summed E-state index contributed by atoms with van der Waals surface area (Å²) in [5.41, 5.74) is 0.895. The van der Waals surface area contributed by atoms with E-state index in [1.54, 1.807) is 30.8 Å². The average Bonchev–Trinajstić information content (AvgIpc) is 3.74. The van der Waals surface area contributed by atoms with E-state index in [1.807, 2.05) is 76.8 Å². The normalized spacial score (nSPS) is 19.5. The second-order valence-corrected chi connectivity index (χ2v) is 18.2. The molecule has 2 aliphatic heterocycles. The number of aliphatic carboxylic acids is 1. The van der Waals surface area contributed by atoms with Crippen LogP contribution >= 0.6 is 0 Å². The molecule has 5 amide bonds. The number of hydrogen-bond donors (Lipinski definition) is 3. The van der Waals surface area contributed by atoms with Gasteiger partial charge in [-0.3, -0.25) is 38.5 Å². The fourth-order valence-corrected chi connectivity index (χ4v) is 9.21. The first-order valence-corrected chi connectivity index (χ1v) is 23.0. The van der Waals surface area contributed by atoms with Gasteiger partial charge in [0.25, 0.3) is 5.91 Å². The van der Waals surface area contributed by atoms with Crippen molar-refractivity contribution in [2.45, 2.75) is 149 Å². The number of methoxy groups -OCH3 is 2. The van der Waals surface area contributed by atoms with Crippen molar-refractivity contribution in [3.8, 4) is 0 Å². The summed E-state index contributed by atoms with van der Waals surface area (Å²) in [4.78, 5) is 92.6. The van der Waals surface area contributed by atoms with E-state index in [1.165, 1.54) is 19.3 Å². The zero-order valence-electron chi connectivity index (χ0n) is 39.8. The molecule has 3 N–H and O–H groups in total. The van der Waals surface area contributed by atoms with Crippen LogP contribution in [0.15, 0.2) is 30.3 Å². The number of hydrogen-bond acceptors (Lipinski definition) is 10. The number of carbonyl (C=O) groups excluding carboxylic acids is 5. The Kier molecular flexibility index (Phi) is 22.0. The van der Waals surface area contributed by atoms with Gasteiger partial charge in [-0.1, -0.05) is 85.2 Å². The van der Waals surface area contributed by atoms with Gasteiger partial charge in [0.2, 0.25) is 23.6 Å². The van der Waals surface area contributed by atoms with Crippen LogP contribution < -0.4 is 10.6 Å². The van der Waals surface area contributed by atoms with Crippen LogP contribution in [0.1, 0.15) is 105 Å². The van der Waals surface area contributed by atoms with Crippen LogP contribution in [-0.2, 0) is 49.5 Å². The van der Waals surface area contributed by atoms with E-state index in [4.69, 9.17) is 19.4 Å². The molecular weight excluding hydrogens is 809 g/mol. The van der Waals surface area contributed by atoms with Gasteiger partial charge >= 0.3 is 5.97 Å². The van der Waals surface area contributed by atoms with Crippen molar-refractivity contribution in [2.24, 2.45) is 23.7 Å². The number of hydroxylamine groups is 2. The highest BCUT2D eigenvalue weighted by Crippen LogP contribution is 2.30. The smallest absolute Gasteiger partial charge is 0.303 e. The molecular formula is C47H78N6O10. The summed E-state index contributed by atoms with van der Waals surface area (Å²) in [6.45, 7) is 15.1. The third kappa shape index (κ3) is 15.0. The molecule has 16 heteroatoms. The molecule has 0 radical (unpaired) electrons. The van der Waals surface area contributed by atoms with Gasteiger partial charge in [-0.25, -0.2) is 5.06 Å². The number of carbonyl (C=O) groups is 6. The zero-order valence-corrected chi connectivity index (χ0v) is 39.8. The highest BCUT2D eigenvalue weighted by Gasteiger charge is 2.44. The SMILES string of the molecule is CCC(C)C(C(CC(=O)N1CCC[C@H]1C(OC)C(C)C(=O)NC(Cc1ccccc1)C(=O)N1CCCCO1)OC)N(C)C(=O)C(NC(=O)C(C(C)C)N(C)CCCC(=O)O)C(C)C. The molecule has 0 saturated carbocycles. The molecule has 0 aromatic heterocycles. The quantitative estimate of drug-likeness (QED) is 0.128. The molecule has 2 fully saturated rings. The van der Waals surface area contributed by atoms with E-state index in [9.17, 15) is 28.8 Å². The molecule has 2 saturated heterocycles. The fraction of sp³-hybridized carbons (Fsp3) is 0.745. The molecule has 0 bridgehead atoms. The maximum Gasteiger partial charge on any atom is 0.303 e. The van der Waals surface area contributed by atoms with Gasteiger partial charge in [-0.15, -0.1) is 0 Å². The highest BCUT2D eigenvalue weighted by atomic mass is 16.7. The van der Waals surface area contributed by atoms with Crippen molar-refractivity contribution in [3.63, 3.8) is 0 Å². The molecule has 1 aromatic carbocycles. The Morgan fingerprint density at radius 3 is 2.13 bits per heavy atom. The monoisotopic (exact) mass is 887 g/mol. The van der Waals surface area contributed by atoms with Crippen LogP contribution in [0.25, 0.3) is 0 Å². The molecule has 8 unspecified atom stereocenters. The largest absolute Gasteiger partial charge is 0.481 e. The second-order valence-electron chi connectivity index (χ2n) is 18.2. The Morgan fingerprint density at radius 2 is 1.57 bits per heavy atom. The van der Waals surface area contributed by atoms with Crippen molar-refractivity contribution < 1.29 is 48.2 Å². The summed E-state index contributed by atoms with van der Waals surface area (Å²) in [5, 5.41) is 16.5. The molecule has 3 rings (SSSR count). The first kappa shape index (κ1) is 53.2. The number of ether oxygens (including phenoxy) is 2. The van der Waals surface area contributed by atoms with E-state index in [0.717, 1.165) is 18.4 Å². The predicted octanol–water partition coefficient (Wildman–Crippen LogP) is 4.15. The van der Waals surface area contributed by atoms with Gasteiger partial charge in [0.15, 0.2) is 0 Å². The lowest BCUT2D eigenvalue weighted by Gasteiger charge is -2.41. The number of benzene rings is 1. The van der Waals surface area contributed by atoms with Gasteiger partial charge in [0.1, 0.15) is 12.1 Å². The van der Waals surface area contributed by atoms with E-state index in [-0.39, 0.29) is 66.6 Å². The molecule has 9 atom stereocenters. The Bertz CT molecular complexity index is 1620. The van der Waals surface area contributed by atoms with Crippen LogP contribution in [0.2, 0.25) is 0 Å². The van der Waals surface area contributed by atoms with Crippen LogP contribution in [0.3, 0.4) is 0 Å². The highest BCUT2D eigenvalue weighted by molar-refractivity contribution is 5.90. The van der Waals surface area contributed by atoms with Crippen molar-refractivity contribution in [1.82, 2.24) is 30.4 Å². The van der Waals surface area contributed by atoms with Crippen molar-refractivity contribution in [2.75, 3.05) is 54.6 Å². The minimum atomic E-state index is -0.897. The Morgan fingerprint density at radius 1 is 0.889 bits per heavy atom. The Labute approximate surface area is 376 Å². The molecule has 63 heavy (non-hydrogen) atoms. The zero-order chi connectivity index (χ0) is 47.0. The molecule has 2 heterocycles. The number of nitrogens with zero attached hydrogens (tertiary/aromatic N) is 4. The number of carboxylic acid groups (broad SMARTS) is 1. The third-order valence-corrected chi connectivity index (χ3v) is 12.9. The summed E-state index contributed by atoms with van der Waals surface area (Å²) in [5.74, 6) is -3.56. The van der Waals surface area contributed by atoms with Crippen LogP contribution in [0.4, 0.5) is 0 Å². The lowest BCUT2D eigenvalue weighted by Crippen LogP contribution is -2.60. The van der Waals surface area contributed by atoms with Crippen LogP contribution in [0.5, 0.6) is 0 Å². The molecule has 2 aliphatic rings. The van der Waals surface area contributed by atoms with E-state index >= 15 is 0 Å². The number of nitrogens with one attached hydrogen (secondary N) is 2. The lowest BCUT2D eigenvalue weighted by atomic mass is 9.89. The van der Waals surface area contributed by atoms with E-state index < -0.39 is 54.3 Å². The molecule has 16 nitrogen and oxygen atoms in total. The maximum absolute atomic E-state index is 14.5. The van der Waals surface area contributed by atoms with Gasteiger partial charge in [0, 0.05) is 47.2 Å². The second kappa shape index (κ2) is 26.0. The van der Waals surface area contributed by atoms with Crippen LogP contribution in [0, 0.1) is 23.7 Å². The standard InChI is InChI=1S/C47H78N6O10/c1-12-32(6)42(51(9)47(60)40(30(2)3)49-45(58)41(31(4)5)50(8)24-19-23-39(55)56)37(61-10)29-38(54)52-25-18-22-36(52)43(62-11)33(7)44(57)48-35(28-34-20-14-13-15-21-34)46(59)53-26-16-17-27-63-53/h13-15,20-21,30-33,35-37,40-43H,12,16-19,22-29H2,1-11H3,(H,48,57)(H,49,58)(H,55,56)/t32?,33?,35?,36-,37?,40?,41?,42?,43?/m0/s1. The van der Waals surface area contributed by atoms with E-state index in [0.29, 0.717) is 51.9 Å². The number of amides is 5. The Balaban J connectivity index is 1.79. The van der Waals surface area contributed by atoms with E-state index in [2.05, 4.69) is 10.6 Å². The first-order chi connectivity index (χ1) is 29.9. The van der Waals surface area contributed by atoms with Gasteiger partial charge in [0.05, 0.1) is 49.3 Å². The maximum atomic E-state index is 14.5. The first-order valence-electron chi connectivity index (χ1n) is 23.0. The summed E-state index contributed by atoms with van der Waals surface area (Å²) in [6, 6.07) is 6.24. The van der Waals surface area contributed by atoms with Gasteiger partial charge in [-0.05, 0) is 69.0 Å². The number of rotatable bonds is 25. The average molecular weight is 887 g/mol. The van der Waals surface area contributed by atoms with Gasteiger partial charge < -0.3 is 35.0 Å². The summed E-state index contributed by atoms with van der Waals surface area (Å²) in [6.07, 6.45) is 2.94. The van der Waals surface area contributed by atoms with Crippen molar-refractivity contribution >= 4 is 35.5 Å². The fourth-order valence-electron chi connectivity index (χ4n) is 9.21. The Hall–Kier alpha value is -4.12. The lowest BCUT2D eigenvalue weighted by molar-refractivity contribution is -0.199. The predicted molar refractivity (Wildman–Crippen MR) is 240 cm³/mol. The summed E-state index contributed by atoms with van der Waals surface area (Å²) >= 11 is 0.